The van der Waals surface area contributed by atoms with Crippen LogP contribution < -0.4 is 25.0 Å². The van der Waals surface area contributed by atoms with Crippen LogP contribution in [0.2, 0.25) is 0 Å². The Morgan fingerprint density at radius 1 is 0.964 bits per heavy atom. The summed E-state index contributed by atoms with van der Waals surface area (Å²) in [6.07, 6.45) is 1.37. The Kier molecular flexibility index (Phi) is 7.38. The maximum absolute atomic E-state index is 12.0. The molecule has 2 amide bonds. The second-order valence-electron chi connectivity index (χ2n) is 5.76. The number of rotatable bonds is 7. The SMILES string of the molecule is COc1cc(/C=N\NC(=O)C(=O)N[C@@H](C)c2ccccc2)cc(OC)c1OC. The maximum Gasteiger partial charge on any atom is 0.329 e. The van der Waals surface area contributed by atoms with E-state index in [1.165, 1.54) is 27.5 Å². The van der Waals surface area contributed by atoms with Crippen molar-refractivity contribution in [3.63, 3.8) is 0 Å². The molecular weight excluding hydrogens is 362 g/mol. The van der Waals surface area contributed by atoms with Gasteiger partial charge in [-0.2, -0.15) is 5.10 Å². The molecule has 0 aromatic heterocycles. The molecule has 0 radical (unpaired) electrons. The van der Waals surface area contributed by atoms with Crippen LogP contribution in [0.25, 0.3) is 0 Å². The summed E-state index contributed by atoms with van der Waals surface area (Å²) in [7, 11) is 4.50. The van der Waals surface area contributed by atoms with Crippen LogP contribution in [0.1, 0.15) is 24.1 Å². The van der Waals surface area contributed by atoms with Gasteiger partial charge in [-0.1, -0.05) is 30.3 Å². The molecule has 1 atom stereocenters. The molecule has 0 saturated carbocycles. The van der Waals surface area contributed by atoms with Crippen LogP contribution in [0, 0.1) is 0 Å². The smallest absolute Gasteiger partial charge is 0.329 e. The number of carbonyl (C=O) groups excluding carboxylic acids is 2. The van der Waals surface area contributed by atoms with Gasteiger partial charge in [-0.15, -0.1) is 0 Å². The first-order valence-corrected chi connectivity index (χ1v) is 8.49. The molecule has 0 spiro atoms. The molecule has 28 heavy (non-hydrogen) atoms. The van der Waals surface area contributed by atoms with Crippen molar-refractivity contribution in [2.24, 2.45) is 5.10 Å². The maximum atomic E-state index is 12.0. The standard InChI is InChI=1S/C20H23N3O5/c1-13(15-8-6-5-7-9-15)22-19(24)20(25)23-21-12-14-10-16(26-2)18(28-4)17(11-14)27-3/h5-13H,1-4H3,(H,22,24)(H,23,25)/b21-12-/t13-/m0/s1. The predicted molar refractivity (Wildman–Crippen MR) is 105 cm³/mol. The van der Waals surface area contributed by atoms with Gasteiger partial charge in [0, 0.05) is 5.56 Å². The lowest BCUT2D eigenvalue weighted by atomic mass is 10.1. The lowest BCUT2D eigenvalue weighted by molar-refractivity contribution is -0.139. The second kappa shape index (κ2) is 9.96. The number of nitrogens with one attached hydrogen (secondary N) is 2. The van der Waals surface area contributed by atoms with Crippen molar-refractivity contribution >= 4 is 18.0 Å². The number of hydrazone groups is 1. The van der Waals surface area contributed by atoms with Crippen LogP contribution in [0.15, 0.2) is 47.6 Å². The fourth-order valence-electron chi connectivity index (χ4n) is 2.48. The lowest BCUT2D eigenvalue weighted by Crippen LogP contribution is -2.39. The summed E-state index contributed by atoms with van der Waals surface area (Å²) in [6.45, 7) is 1.79. The first kappa shape index (κ1) is 20.8. The highest BCUT2D eigenvalue weighted by molar-refractivity contribution is 6.35. The molecule has 0 unspecified atom stereocenters. The van der Waals surface area contributed by atoms with Gasteiger partial charge in [0.1, 0.15) is 0 Å². The highest BCUT2D eigenvalue weighted by Crippen LogP contribution is 2.37. The summed E-state index contributed by atoms with van der Waals surface area (Å²) in [5.41, 5.74) is 3.68. The van der Waals surface area contributed by atoms with Gasteiger partial charge in [0.05, 0.1) is 33.6 Å². The van der Waals surface area contributed by atoms with Crippen LogP contribution in [0.5, 0.6) is 17.2 Å². The first-order chi connectivity index (χ1) is 13.5. The van der Waals surface area contributed by atoms with Crippen LogP contribution in [0.3, 0.4) is 0 Å². The Balaban J connectivity index is 2.00. The molecular formula is C20H23N3O5. The van der Waals surface area contributed by atoms with Crippen LogP contribution >= 0.6 is 0 Å². The first-order valence-electron chi connectivity index (χ1n) is 8.49. The molecule has 8 heteroatoms. The largest absolute Gasteiger partial charge is 0.493 e. The monoisotopic (exact) mass is 385 g/mol. The highest BCUT2D eigenvalue weighted by atomic mass is 16.5. The number of amides is 2. The van der Waals surface area contributed by atoms with E-state index < -0.39 is 11.8 Å². The van der Waals surface area contributed by atoms with Crippen molar-refractivity contribution in [2.75, 3.05) is 21.3 Å². The van der Waals surface area contributed by atoms with Crippen molar-refractivity contribution in [2.45, 2.75) is 13.0 Å². The van der Waals surface area contributed by atoms with Gasteiger partial charge < -0.3 is 19.5 Å². The van der Waals surface area contributed by atoms with E-state index in [2.05, 4.69) is 15.8 Å². The number of hydrogen-bond acceptors (Lipinski definition) is 6. The molecule has 2 N–H and O–H groups in total. The molecule has 148 valence electrons. The van der Waals surface area contributed by atoms with Gasteiger partial charge in [0.2, 0.25) is 5.75 Å². The average molecular weight is 385 g/mol. The van der Waals surface area contributed by atoms with E-state index in [0.29, 0.717) is 22.8 Å². The van der Waals surface area contributed by atoms with Gasteiger partial charge in [-0.05, 0) is 24.6 Å². The van der Waals surface area contributed by atoms with Gasteiger partial charge >= 0.3 is 11.8 Å². The number of carbonyl (C=O) groups is 2. The Labute approximate surface area is 163 Å². The summed E-state index contributed by atoms with van der Waals surface area (Å²) in [4.78, 5) is 23.9. The van der Waals surface area contributed by atoms with Crippen molar-refractivity contribution in [3.8, 4) is 17.2 Å². The second-order valence-corrected chi connectivity index (χ2v) is 5.76. The third-order valence-corrected chi connectivity index (χ3v) is 3.92. The number of nitrogens with zero attached hydrogens (tertiary/aromatic N) is 1. The van der Waals surface area contributed by atoms with Crippen molar-refractivity contribution in [1.29, 1.82) is 0 Å². The average Bonchev–Trinajstić information content (AvgIpc) is 2.73. The number of ether oxygens (including phenoxy) is 3. The summed E-state index contributed by atoms with van der Waals surface area (Å²) in [6, 6.07) is 12.3. The van der Waals surface area contributed by atoms with Gasteiger partial charge in [-0.25, -0.2) is 5.43 Å². The van der Waals surface area contributed by atoms with E-state index >= 15 is 0 Å². The quantitative estimate of drug-likeness (QED) is 0.432. The highest BCUT2D eigenvalue weighted by Gasteiger charge is 2.16. The fourth-order valence-corrected chi connectivity index (χ4v) is 2.48. The van der Waals surface area contributed by atoms with Gasteiger partial charge in [0.25, 0.3) is 0 Å². The minimum atomic E-state index is -0.869. The molecule has 0 heterocycles. The van der Waals surface area contributed by atoms with Crippen LogP contribution in [-0.4, -0.2) is 39.4 Å². The number of hydrogen-bond donors (Lipinski definition) is 2. The Morgan fingerprint density at radius 2 is 1.57 bits per heavy atom. The van der Waals surface area contributed by atoms with E-state index in [0.717, 1.165) is 5.56 Å². The zero-order valence-corrected chi connectivity index (χ0v) is 16.2. The molecule has 0 bridgehead atoms. The van der Waals surface area contributed by atoms with E-state index in [-0.39, 0.29) is 6.04 Å². The molecule has 0 saturated heterocycles. The topological polar surface area (TPSA) is 98.2 Å². The van der Waals surface area contributed by atoms with E-state index in [4.69, 9.17) is 14.2 Å². The zero-order valence-electron chi connectivity index (χ0n) is 16.2. The lowest BCUT2D eigenvalue weighted by Gasteiger charge is -2.13. The summed E-state index contributed by atoms with van der Waals surface area (Å²) in [5.74, 6) is -0.307. The van der Waals surface area contributed by atoms with Gasteiger partial charge in [-0.3, -0.25) is 9.59 Å². The van der Waals surface area contributed by atoms with Crippen molar-refractivity contribution in [1.82, 2.24) is 10.7 Å². The molecule has 2 aromatic carbocycles. The van der Waals surface area contributed by atoms with Crippen LogP contribution in [0.4, 0.5) is 0 Å². The minimum absolute atomic E-state index is 0.307. The zero-order chi connectivity index (χ0) is 20.5. The summed E-state index contributed by atoms with van der Waals surface area (Å²) in [5, 5.41) is 6.43. The third kappa shape index (κ3) is 5.23. The summed E-state index contributed by atoms with van der Waals surface area (Å²) < 4.78 is 15.7. The third-order valence-electron chi connectivity index (χ3n) is 3.92. The minimum Gasteiger partial charge on any atom is -0.493 e. The fraction of sp³-hybridized carbons (Fsp3) is 0.250. The molecule has 2 aromatic rings. The van der Waals surface area contributed by atoms with E-state index in [1.807, 2.05) is 30.3 Å². The number of benzene rings is 2. The Bertz CT molecular complexity index is 827. The molecule has 0 aliphatic heterocycles. The van der Waals surface area contributed by atoms with E-state index in [9.17, 15) is 9.59 Å². The molecule has 2 rings (SSSR count). The number of methoxy groups -OCH3 is 3. The Hall–Kier alpha value is -3.55. The van der Waals surface area contributed by atoms with Crippen molar-refractivity contribution in [3.05, 3.63) is 53.6 Å². The van der Waals surface area contributed by atoms with Crippen molar-refractivity contribution < 1.29 is 23.8 Å². The normalized spacial score (nSPS) is 11.6. The predicted octanol–water partition coefficient (Wildman–Crippen LogP) is 2.04. The van der Waals surface area contributed by atoms with E-state index in [1.54, 1.807) is 19.1 Å². The van der Waals surface area contributed by atoms with Crippen LogP contribution in [-0.2, 0) is 9.59 Å². The molecule has 8 nitrogen and oxygen atoms in total. The molecule has 0 fully saturated rings. The molecule has 0 aliphatic rings. The van der Waals surface area contributed by atoms with Gasteiger partial charge in [0.15, 0.2) is 11.5 Å². The molecule has 0 aliphatic carbocycles. The Morgan fingerprint density at radius 3 is 2.11 bits per heavy atom. The summed E-state index contributed by atoms with van der Waals surface area (Å²) >= 11 is 0.